The van der Waals surface area contributed by atoms with Gasteiger partial charge in [-0.05, 0) is 49.9 Å². The van der Waals surface area contributed by atoms with Crippen LogP contribution in [-0.2, 0) is 0 Å². The predicted octanol–water partition coefficient (Wildman–Crippen LogP) is 5.07. The number of para-hydroxylation sites is 1. The lowest BCUT2D eigenvalue weighted by atomic mass is 9.96. The molecule has 1 N–H and O–H groups in total. The minimum absolute atomic E-state index is 0.0439. The Morgan fingerprint density at radius 2 is 1.71 bits per heavy atom. The molecule has 0 radical (unpaired) electrons. The first-order valence-corrected chi connectivity index (χ1v) is 7.49. The molecule has 2 rings (SSSR count). The summed E-state index contributed by atoms with van der Waals surface area (Å²) in [6.45, 7) is 8.36. The largest absolute Gasteiger partial charge is 0.322 e. The van der Waals surface area contributed by atoms with Gasteiger partial charge in [0.05, 0.1) is 0 Å². The number of aryl methyl sites for hydroxylation is 2. The average Bonchev–Trinajstić information content (AvgIpc) is 2.46. The van der Waals surface area contributed by atoms with Crippen LogP contribution in [0.1, 0.15) is 53.2 Å². The van der Waals surface area contributed by atoms with E-state index >= 15 is 0 Å². The Kier molecular flexibility index (Phi) is 4.79. The number of nitrogens with one attached hydrogen (secondary N) is 1. The van der Waals surface area contributed by atoms with Crippen molar-refractivity contribution in [3.8, 4) is 0 Å². The van der Waals surface area contributed by atoms with Gasteiger partial charge in [0.2, 0.25) is 0 Å². The molecule has 2 aromatic rings. The van der Waals surface area contributed by atoms with E-state index in [0.717, 1.165) is 23.2 Å². The van der Waals surface area contributed by atoms with Gasteiger partial charge in [0.25, 0.3) is 5.91 Å². The van der Waals surface area contributed by atoms with Gasteiger partial charge in [-0.1, -0.05) is 49.2 Å². The van der Waals surface area contributed by atoms with Crippen molar-refractivity contribution < 1.29 is 4.79 Å². The van der Waals surface area contributed by atoms with E-state index in [9.17, 15) is 4.79 Å². The number of amides is 1. The molecule has 1 unspecified atom stereocenters. The van der Waals surface area contributed by atoms with Crippen LogP contribution in [0, 0.1) is 13.8 Å². The SMILES string of the molecule is CCC(C)c1ccccc1NC(=O)c1cc(C)cc(C)c1. The van der Waals surface area contributed by atoms with E-state index in [2.05, 4.69) is 31.3 Å². The van der Waals surface area contributed by atoms with Gasteiger partial charge in [0.1, 0.15) is 0 Å². The third-order valence-electron chi connectivity index (χ3n) is 3.84. The lowest BCUT2D eigenvalue weighted by molar-refractivity contribution is 0.102. The van der Waals surface area contributed by atoms with Crippen molar-refractivity contribution in [1.82, 2.24) is 0 Å². The Bertz CT molecular complexity index is 626. The highest BCUT2D eigenvalue weighted by Gasteiger charge is 2.12. The van der Waals surface area contributed by atoms with Gasteiger partial charge in [0.15, 0.2) is 0 Å². The second kappa shape index (κ2) is 6.57. The summed E-state index contributed by atoms with van der Waals surface area (Å²) in [6, 6.07) is 14.0. The summed E-state index contributed by atoms with van der Waals surface area (Å²) in [5, 5.41) is 3.06. The van der Waals surface area contributed by atoms with Crippen molar-refractivity contribution in [3.63, 3.8) is 0 Å². The minimum Gasteiger partial charge on any atom is -0.322 e. The van der Waals surface area contributed by atoms with Gasteiger partial charge in [-0.25, -0.2) is 0 Å². The summed E-state index contributed by atoms with van der Waals surface area (Å²) >= 11 is 0. The van der Waals surface area contributed by atoms with Gasteiger partial charge in [0, 0.05) is 11.3 Å². The maximum atomic E-state index is 12.5. The third kappa shape index (κ3) is 3.72. The predicted molar refractivity (Wildman–Crippen MR) is 89.0 cm³/mol. The van der Waals surface area contributed by atoms with Crippen LogP contribution < -0.4 is 5.32 Å². The lowest BCUT2D eigenvalue weighted by Gasteiger charge is -2.16. The maximum Gasteiger partial charge on any atom is 0.255 e. The van der Waals surface area contributed by atoms with Gasteiger partial charge in [-0.3, -0.25) is 4.79 Å². The number of hydrogen-bond acceptors (Lipinski definition) is 1. The molecule has 0 aliphatic heterocycles. The average molecular weight is 281 g/mol. The quantitative estimate of drug-likeness (QED) is 0.833. The molecule has 2 nitrogen and oxygen atoms in total. The second-order valence-corrected chi connectivity index (χ2v) is 5.73. The Labute approximate surface area is 127 Å². The van der Waals surface area contributed by atoms with E-state index in [1.165, 1.54) is 5.56 Å². The molecule has 0 heterocycles. The fraction of sp³-hybridized carbons (Fsp3) is 0.316. The highest BCUT2D eigenvalue weighted by molar-refractivity contribution is 6.04. The molecule has 0 aliphatic rings. The number of rotatable bonds is 4. The normalized spacial score (nSPS) is 12.0. The van der Waals surface area contributed by atoms with Gasteiger partial charge < -0.3 is 5.32 Å². The molecule has 0 aliphatic carbocycles. The Balaban J connectivity index is 2.27. The topological polar surface area (TPSA) is 29.1 Å². The molecule has 0 aromatic heterocycles. The van der Waals surface area contributed by atoms with Gasteiger partial charge >= 0.3 is 0 Å². The van der Waals surface area contributed by atoms with Crippen molar-refractivity contribution >= 4 is 11.6 Å². The standard InChI is InChI=1S/C19H23NO/c1-5-15(4)17-8-6-7-9-18(17)20-19(21)16-11-13(2)10-14(3)12-16/h6-12,15H,5H2,1-4H3,(H,20,21). The van der Waals surface area contributed by atoms with Crippen LogP contribution in [-0.4, -0.2) is 5.91 Å². The van der Waals surface area contributed by atoms with Crippen LogP contribution >= 0.6 is 0 Å². The second-order valence-electron chi connectivity index (χ2n) is 5.73. The zero-order valence-electron chi connectivity index (χ0n) is 13.2. The Morgan fingerprint density at radius 3 is 2.33 bits per heavy atom. The first-order chi connectivity index (χ1) is 10.0. The molecule has 0 saturated heterocycles. The molecule has 1 atom stereocenters. The van der Waals surface area contributed by atoms with Crippen LogP contribution in [0.15, 0.2) is 42.5 Å². The first-order valence-electron chi connectivity index (χ1n) is 7.49. The number of anilines is 1. The molecule has 2 aromatic carbocycles. The van der Waals surface area contributed by atoms with E-state index in [-0.39, 0.29) is 5.91 Å². The van der Waals surface area contributed by atoms with E-state index < -0.39 is 0 Å². The minimum atomic E-state index is -0.0439. The van der Waals surface area contributed by atoms with Crippen LogP contribution in [0.25, 0.3) is 0 Å². The molecule has 0 spiro atoms. The number of hydrogen-bond donors (Lipinski definition) is 1. The van der Waals surface area contributed by atoms with Crippen molar-refractivity contribution in [1.29, 1.82) is 0 Å². The molecule has 0 fully saturated rings. The Morgan fingerprint density at radius 1 is 1.10 bits per heavy atom. The molecular weight excluding hydrogens is 258 g/mol. The van der Waals surface area contributed by atoms with Crippen LogP contribution in [0.3, 0.4) is 0 Å². The van der Waals surface area contributed by atoms with Gasteiger partial charge in [-0.2, -0.15) is 0 Å². The van der Waals surface area contributed by atoms with Crippen molar-refractivity contribution in [2.75, 3.05) is 5.32 Å². The molecule has 110 valence electrons. The molecule has 0 bridgehead atoms. The molecule has 1 amide bonds. The fourth-order valence-corrected chi connectivity index (χ4v) is 2.56. The zero-order valence-corrected chi connectivity index (χ0v) is 13.2. The van der Waals surface area contributed by atoms with E-state index in [1.54, 1.807) is 0 Å². The summed E-state index contributed by atoms with van der Waals surface area (Å²) in [5.41, 5.74) is 5.03. The fourth-order valence-electron chi connectivity index (χ4n) is 2.56. The van der Waals surface area contributed by atoms with Gasteiger partial charge in [-0.15, -0.1) is 0 Å². The molecular formula is C19H23NO. The highest BCUT2D eigenvalue weighted by atomic mass is 16.1. The highest BCUT2D eigenvalue weighted by Crippen LogP contribution is 2.27. The maximum absolute atomic E-state index is 12.5. The van der Waals surface area contributed by atoms with E-state index in [1.807, 2.05) is 44.2 Å². The summed E-state index contributed by atoms with van der Waals surface area (Å²) in [7, 11) is 0. The number of carbonyl (C=O) groups is 1. The van der Waals surface area contributed by atoms with E-state index in [0.29, 0.717) is 11.5 Å². The molecule has 0 saturated carbocycles. The smallest absolute Gasteiger partial charge is 0.255 e. The van der Waals surface area contributed by atoms with Crippen LogP contribution in [0.5, 0.6) is 0 Å². The molecule has 2 heteroatoms. The monoisotopic (exact) mass is 281 g/mol. The summed E-state index contributed by atoms with van der Waals surface area (Å²) < 4.78 is 0. The summed E-state index contributed by atoms with van der Waals surface area (Å²) in [6.07, 6.45) is 1.05. The van der Waals surface area contributed by atoms with Crippen molar-refractivity contribution in [2.24, 2.45) is 0 Å². The third-order valence-corrected chi connectivity index (χ3v) is 3.84. The first kappa shape index (κ1) is 15.3. The summed E-state index contributed by atoms with van der Waals surface area (Å²) in [5.74, 6) is 0.387. The van der Waals surface area contributed by atoms with Crippen LogP contribution in [0.2, 0.25) is 0 Å². The number of benzene rings is 2. The number of carbonyl (C=O) groups excluding carboxylic acids is 1. The summed E-state index contributed by atoms with van der Waals surface area (Å²) in [4.78, 5) is 12.5. The van der Waals surface area contributed by atoms with Crippen LogP contribution in [0.4, 0.5) is 5.69 Å². The molecule has 21 heavy (non-hydrogen) atoms. The van der Waals surface area contributed by atoms with Crippen molar-refractivity contribution in [3.05, 3.63) is 64.7 Å². The van der Waals surface area contributed by atoms with E-state index in [4.69, 9.17) is 0 Å². The zero-order chi connectivity index (χ0) is 15.4. The lowest BCUT2D eigenvalue weighted by Crippen LogP contribution is -2.14. The Hall–Kier alpha value is -2.09. The van der Waals surface area contributed by atoms with Crippen molar-refractivity contribution in [2.45, 2.75) is 40.0 Å².